The van der Waals surface area contributed by atoms with Gasteiger partial charge in [-0.25, -0.2) is 9.78 Å². The fraction of sp³-hybridized carbons (Fsp3) is 0.455. The lowest BCUT2D eigenvalue weighted by molar-refractivity contribution is 0.247. The molecule has 1 aromatic rings. The van der Waals surface area contributed by atoms with Crippen LogP contribution in [0.1, 0.15) is 26.7 Å². The van der Waals surface area contributed by atoms with Gasteiger partial charge >= 0.3 is 6.03 Å². The molecule has 4 nitrogen and oxygen atoms in total. The molecule has 0 aliphatic rings. The molecular weight excluding hydrogens is 226 g/mol. The van der Waals surface area contributed by atoms with Crippen LogP contribution in [0.4, 0.5) is 10.5 Å². The standard InChI is InChI=1S/C11H16ClN3O/c1-3-8(4-2)14-11(16)15-9-6-5-7-13-10(9)12/h5-8H,3-4H2,1-2H3,(H2,14,15,16). The minimum absolute atomic E-state index is 0.190. The van der Waals surface area contributed by atoms with Crippen molar-refractivity contribution in [2.75, 3.05) is 5.32 Å². The van der Waals surface area contributed by atoms with Gasteiger partial charge in [-0.2, -0.15) is 0 Å². The molecule has 2 N–H and O–H groups in total. The van der Waals surface area contributed by atoms with Gasteiger partial charge in [-0.05, 0) is 25.0 Å². The van der Waals surface area contributed by atoms with Crippen LogP contribution in [0.15, 0.2) is 18.3 Å². The molecule has 0 radical (unpaired) electrons. The van der Waals surface area contributed by atoms with Crippen LogP contribution < -0.4 is 10.6 Å². The number of hydrogen-bond donors (Lipinski definition) is 2. The van der Waals surface area contributed by atoms with E-state index in [4.69, 9.17) is 11.6 Å². The van der Waals surface area contributed by atoms with Gasteiger partial charge < -0.3 is 10.6 Å². The van der Waals surface area contributed by atoms with E-state index >= 15 is 0 Å². The number of urea groups is 1. The molecule has 0 aliphatic heterocycles. The molecule has 0 unspecified atom stereocenters. The number of halogens is 1. The molecule has 1 rings (SSSR count). The van der Waals surface area contributed by atoms with E-state index in [2.05, 4.69) is 15.6 Å². The Morgan fingerprint density at radius 2 is 2.19 bits per heavy atom. The highest BCUT2D eigenvalue weighted by Gasteiger charge is 2.09. The van der Waals surface area contributed by atoms with Crippen LogP contribution in [-0.4, -0.2) is 17.1 Å². The summed E-state index contributed by atoms with van der Waals surface area (Å²) in [4.78, 5) is 15.5. The number of anilines is 1. The summed E-state index contributed by atoms with van der Waals surface area (Å²) >= 11 is 5.82. The third-order valence-electron chi connectivity index (χ3n) is 2.33. The number of carbonyl (C=O) groups excluding carboxylic acids is 1. The van der Waals surface area contributed by atoms with Gasteiger partial charge in [-0.15, -0.1) is 0 Å². The zero-order valence-electron chi connectivity index (χ0n) is 9.46. The van der Waals surface area contributed by atoms with Crippen molar-refractivity contribution in [2.45, 2.75) is 32.7 Å². The first-order valence-electron chi connectivity index (χ1n) is 5.35. The Kier molecular flexibility index (Phi) is 5.05. The maximum Gasteiger partial charge on any atom is 0.319 e. The molecule has 0 atom stereocenters. The van der Waals surface area contributed by atoms with Gasteiger partial charge in [-0.3, -0.25) is 0 Å². The number of pyridine rings is 1. The first kappa shape index (κ1) is 12.8. The summed E-state index contributed by atoms with van der Waals surface area (Å²) in [7, 11) is 0. The fourth-order valence-electron chi connectivity index (χ4n) is 1.32. The zero-order valence-corrected chi connectivity index (χ0v) is 10.2. The number of nitrogens with one attached hydrogen (secondary N) is 2. The van der Waals surface area contributed by atoms with E-state index in [0.717, 1.165) is 12.8 Å². The largest absolute Gasteiger partial charge is 0.335 e. The van der Waals surface area contributed by atoms with Crippen LogP contribution in [0.2, 0.25) is 5.15 Å². The van der Waals surface area contributed by atoms with Gasteiger partial charge in [0.15, 0.2) is 5.15 Å². The lowest BCUT2D eigenvalue weighted by atomic mass is 10.2. The molecule has 0 bridgehead atoms. The van der Waals surface area contributed by atoms with E-state index in [1.807, 2.05) is 13.8 Å². The molecule has 0 aromatic carbocycles. The Labute approximate surface area is 100 Å². The predicted octanol–water partition coefficient (Wildman–Crippen LogP) is 3.05. The molecule has 1 heterocycles. The summed E-state index contributed by atoms with van der Waals surface area (Å²) in [6, 6.07) is 3.37. The number of carbonyl (C=O) groups is 1. The normalized spacial score (nSPS) is 10.2. The average molecular weight is 242 g/mol. The maximum absolute atomic E-state index is 11.6. The molecule has 5 heteroatoms. The first-order valence-corrected chi connectivity index (χ1v) is 5.73. The Hall–Kier alpha value is -1.29. The molecule has 0 aliphatic carbocycles. The monoisotopic (exact) mass is 241 g/mol. The van der Waals surface area contributed by atoms with Gasteiger partial charge in [0.05, 0.1) is 5.69 Å². The van der Waals surface area contributed by atoms with Crippen molar-refractivity contribution >= 4 is 23.3 Å². The number of amides is 2. The van der Waals surface area contributed by atoms with Crippen LogP contribution in [0.25, 0.3) is 0 Å². The van der Waals surface area contributed by atoms with Crippen LogP contribution in [0, 0.1) is 0 Å². The van der Waals surface area contributed by atoms with E-state index in [1.165, 1.54) is 0 Å². The van der Waals surface area contributed by atoms with E-state index in [1.54, 1.807) is 18.3 Å². The minimum atomic E-state index is -0.247. The molecule has 0 spiro atoms. The lowest BCUT2D eigenvalue weighted by Crippen LogP contribution is -2.37. The molecule has 88 valence electrons. The van der Waals surface area contributed by atoms with Gasteiger partial charge in [0.1, 0.15) is 0 Å². The second kappa shape index (κ2) is 6.33. The highest BCUT2D eigenvalue weighted by molar-refractivity contribution is 6.32. The third-order valence-corrected chi connectivity index (χ3v) is 2.63. The summed E-state index contributed by atoms with van der Waals surface area (Å²) in [5.74, 6) is 0. The lowest BCUT2D eigenvalue weighted by Gasteiger charge is -2.15. The molecule has 0 saturated carbocycles. The number of hydrogen-bond acceptors (Lipinski definition) is 2. The van der Waals surface area contributed by atoms with Crippen molar-refractivity contribution in [1.82, 2.24) is 10.3 Å². The number of nitrogens with zero attached hydrogens (tertiary/aromatic N) is 1. The van der Waals surface area contributed by atoms with E-state index in [-0.39, 0.29) is 12.1 Å². The van der Waals surface area contributed by atoms with E-state index in [0.29, 0.717) is 10.8 Å². The molecule has 0 fully saturated rings. The van der Waals surface area contributed by atoms with Crippen molar-refractivity contribution in [1.29, 1.82) is 0 Å². The van der Waals surface area contributed by atoms with Crippen LogP contribution in [0.5, 0.6) is 0 Å². The van der Waals surface area contributed by atoms with E-state index in [9.17, 15) is 4.79 Å². The van der Waals surface area contributed by atoms with Crippen LogP contribution in [-0.2, 0) is 0 Å². The van der Waals surface area contributed by atoms with Gasteiger partial charge in [-0.1, -0.05) is 25.4 Å². The van der Waals surface area contributed by atoms with Gasteiger partial charge in [0.25, 0.3) is 0 Å². The topological polar surface area (TPSA) is 54.0 Å². The average Bonchev–Trinajstić information content (AvgIpc) is 2.29. The van der Waals surface area contributed by atoms with Crippen molar-refractivity contribution < 1.29 is 4.79 Å². The quantitative estimate of drug-likeness (QED) is 0.796. The second-order valence-corrected chi connectivity index (χ2v) is 3.81. The summed E-state index contributed by atoms with van der Waals surface area (Å²) in [5, 5.41) is 5.81. The number of rotatable bonds is 4. The summed E-state index contributed by atoms with van der Waals surface area (Å²) in [5.41, 5.74) is 0.521. The van der Waals surface area contributed by atoms with Crippen LogP contribution >= 0.6 is 11.6 Å². The maximum atomic E-state index is 11.6. The summed E-state index contributed by atoms with van der Waals surface area (Å²) in [6.45, 7) is 4.07. The Bertz CT molecular complexity index is 353. The summed E-state index contributed by atoms with van der Waals surface area (Å²) in [6.07, 6.45) is 3.39. The predicted molar refractivity (Wildman–Crippen MR) is 65.8 cm³/mol. The Balaban J connectivity index is 2.55. The highest BCUT2D eigenvalue weighted by Crippen LogP contribution is 2.17. The van der Waals surface area contributed by atoms with Crippen molar-refractivity contribution in [3.05, 3.63) is 23.5 Å². The van der Waals surface area contributed by atoms with Crippen molar-refractivity contribution in [3.63, 3.8) is 0 Å². The van der Waals surface area contributed by atoms with Crippen molar-refractivity contribution in [2.24, 2.45) is 0 Å². The van der Waals surface area contributed by atoms with Crippen LogP contribution in [0.3, 0.4) is 0 Å². The molecule has 1 aromatic heterocycles. The minimum Gasteiger partial charge on any atom is -0.335 e. The molecule has 2 amide bonds. The molecule has 0 saturated heterocycles. The second-order valence-electron chi connectivity index (χ2n) is 3.45. The highest BCUT2D eigenvalue weighted by atomic mass is 35.5. The smallest absolute Gasteiger partial charge is 0.319 e. The zero-order chi connectivity index (χ0) is 12.0. The van der Waals surface area contributed by atoms with Gasteiger partial charge in [0.2, 0.25) is 0 Å². The molecule has 16 heavy (non-hydrogen) atoms. The third kappa shape index (κ3) is 3.70. The van der Waals surface area contributed by atoms with Crippen molar-refractivity contribution in [3.8, 4) is 0 Å². The fourth-order valence-corrected chi connectivity index (χ4v) is 1.48. The SMILES string of the molecule is CCC(CC)NC(=O)Nc1cccnc1Cl. The molecular formula is C11H16ClN3O. The number of aromatic nitrogens is 1. The van der Waals surface area contributed by atoms with E-state index < -0.39 is 0 Å². The Morgan fingerprint density at radius 3 is 2.75 bits per heavy atom. The van der Waals surface area contributed by atoms with Gasteiger partial charge in [0, 0.05) is 12.2 Å². The Morgan fingerprint density at radius 1 is 1.50 bits per heavy atom. The first-order chi connectivity index (χ1) is 7.67. The summed E-state index contributed by atoms with van der Waals surface area (Å²) < 4.78 is 0.